The van der Waals surface area contributed by atoms with E-state index in [1.807, 2.05) is 30.4 Å². The highest BCUT2D eigenvalue weighted by Gasteiger charge is 2.37. The van der Waals surface area contributed by atoms with Gasteiger partial charge < -0.3 is 34.6 Å². The molecular weight excluding hydrogens is 472 g/mol. The molecule has 0 fully saturated rings. The average molecular weight is 499 g/mol. The SMILES string of the molecule is COc1cc(C=Cc2ccc3c(c2)OC(c2ccc(O)c(OC)c2)C3c2cc(O)cc(O)c2)ccc1O. The molecule has 0 saturated carbocycles. The first-order valence-electron chi connectivity index (χ1n) is 11.6. The molecule has 0 saturated heterocycles. The molecule has 4 aromatic rings. The van der Waals surface area contributed by atoms with E-state index in [1.165, 1.54) is 20.3 Å². The molecule has 1 aliphatic heterocycles. The molecule has 0 aromatic heterocycles. The standard InChI is InChI=1S/C30H26O7/c1-35-27-12-18(6-9-24(27)33)4-3-17-5-8-23-26(11-17)37-30(19-7-10-25(34)28(15-19)36-2)29(23)20-13-21(31)16-22(32)14-20/h3-16,29-34H,1-2H3. The van der Waals surface area contributed by atoms with Crippen molar-refractivity contribution in [1.29, 1.82) is 0 Å². The first-order valence-corrected chi connectivity index (χ1v) is 11.6. The number of phenols is 4. The number of fused-ring (bicyclic) bond motifs is 1. The Morgan fingerprint density at radius 3 is 1.92 bits per heavy atom. The first kappa shape index (κ1) is 23.9. The summed E-state index contributed by atoms with van der Waals surface area (Å²) < 4.78 is 16.9. The monoisotopic (exact) mass is 498 g/mol. The van der Waals surface area contributed by atoms with Crippen molar-refractivity contribution >= 4 is 12.2 Å². The second-order valence-electron chi connectivity index (χ2n) is 8.79. The van der Waals surface area contributed by atoms with Crippen molar-refractivity contribution in [2.75, 3.05) is 14.2 Å². The van der Waals surface area contributed by atoms with E-state index in [0.29, 0.717) is 22.8 Å². The van der Waals surface area contributed by atoms with Gasteiger partial charge in [0.1, 0.15) is 23.4 Å². The number of hydrogen-bond acceptors (Lipinski definition) is 7. The molecule has 2 atom stereocenters. The predicted octanol–water partition coefficient (Wildman–Crippen LogP) is 5.96. The van der Waals surface area contributed by atoms with Crippen LogP contribution >= 0.6 is 0 Å². The van der Waals surface area contributed by atoms with Crippen LogP contribution in [0.2, 0.25) is 0 Å². The van der Waals surface area contributed by atoms with Crippen LogP contribution in [0, 0.1) is 0 Å². The second kappa shape index (κ2) is 9.70. The van der Waals surface area contributed by atoms with Gasteiger partial charge >= 0.3 is 0 Å². The van der Waals surface area contributed by atoms with Crippen molar-refractivity contribution in [2.45, 2.75) is 12.0 Å². The molecule has 0 bridgehead atoms. The lowest BCUT2D eigenvalue weighted by Crippen LogP contribution is -2.11. The van der Waals surface area contributed by atoms with Crippen molar-refractivity contribution < 1.29 is 34.6 Å². The number of rotatable bonds is 6. The van der Waals surface area contributed by atoms with Crippen LogP contribution in [0.4, 0.5) is 0 Å². The molecule has 37 heavy (non-hydrogen) atoms. The molecule has 4 aromatic carbocycles. The Hall–Kier alpha value is -4.78. The second-order valence-corrected chi connectivity index (χ2v) is 8.79. The summed E-state index contributed by atoms with van der Waals surface area (Å²) in [7, 11) is 2.99. The van der Waals surface area contributed by atoms with Crippen LogP contribution in [0.25, 0.3) is 12.2 Å². The van der Waals surface area contributed by atoms with E-state index in [4.69, 9.17) is 14.2 Å². The topological polar surface area (TPSA) is 109 Å². The van der Waals surface area contributed by atoms with E-state index >= 15 is 0 Å². The van der Waals surface area contributed by atoms with Gasteiger partial charge in [0, 0.05) is 11.6 Å². The van der Waals surface area contributed by atoms with E-state index in [1.54, 1.807) is 48.5 Å². The highest BCUT2D eigenvalue weighted by molar-refractivity contribution is 5.72. The van der Waals surface area contributed by atoms with E-state index < -0.39 is 6.10 Å². The Morgan fingerprint density at radius 1 is 0.649 bits per heavy atom. The van der Waals surface area contributed by atoms with E-state index in [9.17, 15) is 20.4 Å². The zero-order valence-electron chi connectivity index (χ0n) is 20.3. The van der Waals surface area contributed by atoms with Gasteiger partial charge in [-0.3, -0.25) is 0 Å². The van der Waals surface area contributed by atoms with Gasteiger partial charge in [-0.15, -0.1) is 0 Å². The minimum absolute atomic E-state index is 0.0200. The molecule has 0 radical (unpaired) electrons. The van der Waals surface area contributed by atoms with E-state index in [2.05, 4.69) is 0 Å². The van der Waals surface area contributed by atoms with Crippen LogP contribution in [-0.4, -0.2) is 34.6 Å². The number of methoxy groups -OCH3 is 2. The summed E-state index contributed by atoms with van der Waals surface area (Å²) in [4.78, 5) is 0. The zero-order chi connectivity index (χ0) is 26.1. The fourth-order valence-corrected chi connectivity index (χ4v) is 4.66. The van der Waals surface area contributed by atoms with E-state index in [0.717, 1.165) is 22.3 Å². The molecule has 1 aliphatic rings. The van der Waals surface area contributed by atoms with Crippen molar-refractivity contribution in [3.8, 4) is 40.2 Å². The maximum atomic E-state index is 10.2. The summed E-state index contributed by atoms with van der Waals surface area (Å²) in [5.74, 6) is 1.05. The van der Waals surface area contributed by atoms with Crippen molar-refractivity contribution in [2.24, 2.45) is 0 Å². The molecule has 0 aliphatic carbocycles. The Bertz CT molecular complexity index is 1470. The van der Waals surface area contributed by atoms with Crippen LogP contribution in [0.1, 0.15) is 39.8 Å². The summed E-state index contributed by atoms with van der Waals surface area (Å²) in [5, 5.41) is 40.2. The lowest BCUT2D eigenvalue weighted by atomic mass is 9.84. The normalized spacial score (nSPS) is 16.4. The summed E-state index contributed by atoms with van der Waals surface area (Å²) in [6, 6.07) is 20.5. The zero-order valence-corrected chi connectivity index (χ0v) is 20.3. The molecular formula is C30H26O7. The summed E-state index contributed by atoms with van der Waals surface area (Å²) in [6.45, 7) is 0. The molecule has 7 nitrogen and oxygen atoms in total. The highest BCUT2D eigenvalue weighted by Crippen LogP contribution is 2.51. The summed E-state index contributed by atoms with van der Waals surface area (Å²) in [5.41, 5.74) is 4.11. The van der Waals surface area contributed by atoms with Crippen molar-refractivity contribution in [3.63, 3.8) is 0 Å². The van der Waals surface area contributed by atoms with Gasteiger partial charge in [-0.05, 0) is 64.7 Å². The van der Waals surface area contributed by atoms with Crippen LogP contribution in [0.5, 0.6) is 40.2 Å². The Balaban J connectivity index is 1.54. The fraction of sp³-hybridized carbons (Fsp3) is 0.133. The van der Waals surface area contributed by atoms with Crippen molar-refractivity contribution in [3.05, 3.63) is 101 Å². The van der Waals surface area contributed by atoms with E-state index in [-0.39, 0.29) is 28.9 Å². The average Bonchev–Trinajstić information content (AvgIpc) is 3.26. The lowest BCUT2D eigenvalue weighted by molar-refractivity contribution is 0.221. The smallest absolute Gasteiger partial charge is 0.161 e. The number of aromatic hydroxyl groups is 4. The van der Waals surface area contributed by atoms with Gasteiger partial charge in [0.2, 0.25) is 0 Å². The van der Waals surface area contributed by atoms with Crippen molar-refractivity contribution in [1.82, 2.24) is 0 Å². The summed E-state index contributed by atoms with van der Waals surface area (Å²) >= 11 is 0. The fourth-order valence-electron chi connectivity index (χ4n) is 4.66. The van der Waals surface area contributed by atoms with Gasteiger partial charge in [-0.2, -0.15) is 0 Å². The van der Waals surface area contributed by atoms with Gasteiger partial charge in [0.25, 0.3) is 0 Å². The van der Waals surface area contributed by atoms with Crippen LogP contribution in [0.15, 0.2) is 72.8 Å². The summed E-state index contributed by atoms with van der Waals surface area (Å²) in [6.07, 6.45) is 3.35. The lowest BCUT2D eigenvalue weighted by Gasteiger charge is -2.21. The first-order chi connectivity index (χ1) is 17.9. The Morgan fingerprint density at radius 2 is 1.24 bits per heavy atom. The highest BCUT2D eigenvalue weighted by atomic mass is 16.5. The number of benzene rings is 4. The maximum Gasteiger partial charge on any atom is 0.161 e. The Kier molecular flexibility index (Phi) is 6.27. The minimum atomic E-state index is -0.494. The van der Waals surface area contributed by atoms with Gasteiger partial charge in [-0.1, -0.05) is 36.4 Å². The molecule has 1 heterocycles. The predicted molar refractivity (Wildman–Crippen MR) is 140 cm³/mol. The molecule has 2 unspecified atom stereocenters. The number of ether oxygens (including phenoxy) is 3. The van der Waals surface area contributed by atoms with Gasteiger partial charge in [0.05, 0.1) is 20.1 Å². The quantitative estimate of drug-likeness (QED) is 0.243. The van der Waals surface area contributed by atoms with Crippen LogP contribution < -0.4 is 14.2 Å². The number of hydrogen-bond donors (Lipinski definition) is 4. The van der Waals surface area contributed by atoms with Crippen LogP contribution in [-0.2, 0) is 0 Å². The van der Waals surface area contributed by atoms with Crippen LogP contribution in [0.3, 0.4) is 0 Å². The molecule has 0 spiro atoms. The van der Waals surface area contributed by atoms with Gasteiger partial charge in [0.15, 0.2) is 23.0 Å². The minimum Gasteiger partial charge on any atom is -0.508 e. The number of phenolic OH excluding ortho intramolecular Hbond substituents is 4. The molecule has 0 amide bonds. The third kappa shape index (κ3) is 4.71. The molecule has 4 N–H and O–H groups in total. The van der Waals surface area contributed by atoms with Gasteiger partial charge in [-0.25, -0.2) is 0 Å². The third-order valence-corrected chi connectivity index (χ3v) is 6.42. The molecule has 7 heteroatoms. The molecule has 188 valence electrons. The third-order valence-electron chi connectivity index (χ3n) is 6.42. The molecule has 5 rings (SSSR count). The Labute approximate surface area is 214 Å². The maximum absolute atomic E-state index is 10.2. The largest absolute Gasteiger partial charge is 0.508 e.